The Bertz CT molecular complexity index is 715. The molecular formula is C20H29N3O4. The van der Waals surface area contributed by atoms with Crippen LogP contribution in [0, 0.1) is 5.92 Å². The molecule has 148 valence electrons. The summed E-state index contributed by atoms with van der Waals surface area (Å²) < 4.78 is 11.3. The van der Waals surface area contributed by atoms with Crippen LogP contribution in [0.4, 0.5) is 0 Å². The van der Waals surface area contributed by atoms with Crippen molar-refractivity contribution in [1.29, 1.82) is 0 Å². The Morgan fingerprint density at radius 2 is 1.85 bits per heavy atom. The van der Waals surface area contributed by atoms with Crippen molar-refractivity contribution >= 4 is 17.5 Å². The molecule has 1 aromatic rings. The molecule has 1 N–H and O–H groups in total. The highest BCUT2D eigenvalue weighted by Crippen LogP contribution is 2.33. The lowest BCUT2D eigenvalue weighted by Crippen LogP contribution is -2.40. The number of carbonyl (C=O) groups excluding carboxylic acids is 2. The van der Waals surface area contributed by atoms with Crippen molar-refractivity contribution in [3.05, 3.63) is 23.8 Å². The number of hydrazone groups is 1. The zero-order valence-corrected chi connectivity index (χ0v) is 16.7. The molecule has 7 nitrogen and oxygen atoms in total. The van der Waals surface area contributed by atoms with Gasteiger partial charge in [0, 0.05) is 19.9 Å². The summed E-state index contributed by atoms with van der Waals surface area (Å²) >= 11 is 0. The van der Waals surface area contributed by atoms with Crippen molar-refractivity contribution in [3.8, 4) is 11.5 Å². The Morgan fingerprint density at radius 1 is 1.19 bits per heavy atom. The highest BCUT2D eigenvalue weighted by molar-refractivity contribution is 6.39. The van der Waals surface area contributed by atoms with Crippen LogP contribution in [0.5, 0.6) is 11.5 Å². The lowest BCUT2D eigenvalue weighted by molar-refractivity contribution is -0.130. The fourth-order valence-corrected chi connectivity index (χ4v) is 2.95. The molecule has 1 aromatic carbocycles. The Kier molecular flexibility index (Phi) is 7.21. The number of carbonyl (C=O) groups is 2. The predicted octanol–water partition coefficient (Wildman–Crippen LogP) is 2.91. The van der Waals surface area contributed by atoms with E-state index in [4.69, 9.17) is 9.47 Å². The van der Waals surface area contributed by atoms with E-state index >= 15 is 0 Å². The summed E-state index contributed by atoms with van der Waals surface area (Å²) in [6.45, 7) is 9.01. The van der Waals surface area contributed by atoms with E-state index < -0.39 is 0 Å². The summed E-state index contributed by atoms with van der Waals surface area (Å²) in [5, 5.41) is 8.38. The van der Waals surface area contributed by atoms with Crippen molar-refractivity contribution in [1.82, 2.24) is 10.3 Å². The minimum Gasteiger partial charge on any atom is -0.490 e. The molecule has 0 radical (unpaired) electrons. The van der Waals surface area contributed by atoms with Crippen LogP contribution in [0.3, 0.4) is 0 Å². The van der Waals surface area contributed by atoms with Gasteiger partial charge in [-0.25, -0.2) is 5.01 Å². The van der Waals surface area contributed by atoms with Crippen LogP contribution < -0.4 is 14.8 Å². The number of hydrogen-bond donors (Lipinski definition) is 1. The Labute approximate surface area is 160 Å². The smallest absolute Gasteiger partial charge is 0.267 e. The van der Waals surface area contributed by atoms with Gasteiger partial charge in [0.1, 0.15) is 5.71 Å². The number of benzene rings is 1. The molecule has 7 heteroatoms. The first-order valence-corrected chi connectivity index (χ1v) is 9.41. The van der Waals surface area contributed by atoms with Gasteiger partial charge in [0.05, 0.1) is 19.3 Å². The van der Waals surface area contributed by atoms with Gasteiger partial charge in [-0.05, 0) is 37.5 Å². The second kappa shape index (κ2) is 9.39. The fraction of sp³-hybridized carbons (Fsp3) is 0.550. The van der Waals surface area contributed by atoms with Crippen molar-refractivity contribution in [2.45, 2.75) is 46.6 Å². The van der Waals surface area contributed by atoms with Crippen LogP contribution in [0.1, 0.15) is 52.1 Å². The first-order chi connectivity index (χ1) is 12.9. The van der Waals surface area contributed by atoms with Crippen LogP contribution in [-0.4, -0.2) is 42.8 Å². The molecule has 2 rings (SSSR count). The SMILES string of the molecule is CCOc1ccc([C@@H](NC(=O)C2=NN(C)C(=O)CC2)C(C)C)cc1OCC. The highest BCUT2D eigenvalue weighted by atomic mass is 16.5. The van der Waals surface area contributed by atoms with Gasteiger partial charge in [0.15, 0.2) is 11.5 Å². The van der Waals surface area contributed by atoms with Gasteiger partial charge in [-0.2, -0.15) is 5.10 Å². The maximum atomic E-state index is 12.7. The summed E-state index contributed by atoms with van der Waals surface area (Å²) in [6, 6.07) is 5.52. The van der Waals surface area contributed by atoms with Crippen molar-refractivity contribution in [3.63, 3.8) is 0 Å². The minimum atomic E-state index is -0.250. The topological polar surface area (TPSA) is 80.2 Å². The number of hydrogen-bond acceptors (Lipinski definition) is 5. The number of nitrogens with one attached hydrogen (secondary N) is 1. The average Bonchev–Trinajstić information content (AvgIpc) is 2.63. The van der Waals surface area contributed by atoms with Crippen LogP contribution >= 0.6 is 0 Å². The van der Waals surface area contributed by atoms with Gasteiger partial charge < -0.3 is 14.8 Å². The zero-order chi connectivity index (χ0) is 20.0. The third kappa shape index (κ3) is 5.21. The maximum Gasteiger partial charge on any atom is 0.267 e. The number of ether oxygens (including phenoxy) is 2. The minimum absolute atomic E-state index is 0.0835. The summed E-state index contributed by atoms with van der Waals surface area (Å²) in [5.41, 5.74) is 1.31. The predicted molar refractivity (Wildman–Crippen MR) is 104 cm³/mol. The molecule has 1 atom stereocenters. The quantitative estimate of drug-likeness (QED) is 0.758. The van der Waals surface area contributed by atoms with E-state index in [0.29, 0.717) is 43.3 Å². The molecule has 1 aliphatic rings. The molecule has 27 heavy (non-hydrogen) atoms. The van der Waals surface area contributed by atoms with E-state index in [1.807, 2.05) is 45.9 Å². The van der Waals surface area contributed by atoms with Crippen LogP contribution in [-0.2, 0) is 9.59 Å². The normalized spacial score (nSPS) is 15.4. The largest absolute Gasteiger partial charge is 0.490 e. The lowest BCUT2D eigenvalue weighted by atomic mass is 9.95. The van der Waals surface area contributed by atoms with Crippen molar-refractivity contribution in [2.75, 3.05) is 20.3 Å². The highest BCUT2D eigenvalue weighted by Gasteiger charge is 2.26. The molecule has 0 saturated carbocycles. The third-order valence-corrected chi connectivity index (χ3v) is 4.35. The van der Waals surface area contributed by atoms with E-state index in [1.54, 1.807) is 7.05 Å². The molecule has 0 aliphatic carbocycles. The second-order valence-corrected chi connectivity index (χ2v) is 6.73. The summed E-state index contributed by atoms with van der Waals surface area (Å²) in [7, 11) is 1.57. The lowest BCUT2D eigenvalue weighted by Gasteiger charge is -2.26. The first-order valence-electron chi connectivity index (χ1n) is 9.41. The van der Waals surface area contributed by atoms with Crippen LogP contribution in [0.2, 0.25) is 0 Å². The number of rotatable bonds is 8. The summed E-state index contributed by atoms with van der Waals surface area (Å²) in [6.07, 6.45) is 0.653. The zero-order valence-electron chi connectivity index (χ0n) is 16.7. The third-order valence-electron chi connectivity index (χ3n) is 4.35. The van der Waals surface area contributed by atoms with Crippen LogP contribution in [0.25, 0.3) is 0 Å². The molecular weight excluding hydrogens is 346 g/mol. The van der Waals surface area contributed by atoms with Crippen molar-refractivity contribution < 1.29 is 19.1 Å². The number of nitrogens with zero attached hydrogens (tertiary/aromatic N) is 2. The van der Waals surface area contributed by atoms with Gasteiger partial charge in [-0.15, -0.1) is 0 Å². The van der Waals surface area contributed by atoms with Gasteiger partial charge in [-0.3, -0.25) is 9.59 Å². The first kappa shape index (κ1) is 20.7. The molecule has 0 spiro atoms. The molecule has 2 amide bonds. The van der Waals surface area contributed by atoms with Crippen LogP contribution in [0.15, 0.2) is 23.3 Å². The fourth-order valence-electron chi connectivity index (χ4n) is 2.95. The monoisotopic (exact) mass is 375 g/mol. The molecule has 0 unspecified atom stereocenters. The average molecular weight is 375 g/mol. The van der Waals surface area contributed by atoms with Gasteiger partial charge >= 0.3 is 0 Å². The summed E-state index contributed by atoms with van der Waals surface area (Å²) in [5.74, 6) is 1.18. The van der Waals surface area contributed by atoms with E-state index in [1.165, 1.54) is 5.01 Å². The van der Waals surface area contributed by atoms with E-state index in [9.17, 15) is 9.59 Å². The molecule has 1 aliphatic heterocycles. The van der Waals surface area contributed by atoms with Crippen molar-refractivity contribution in [2.24, 2.45) is 11.0 Å². The molecule has 0 aromatic heterocycles. The van der Waals surface area contributed by atoms with E-state index in [-0.39, 0.29) is 23.8 Å². The Hall–Kier alpha value is -2.57. The van der Waals surface area contributed by atoms with Gasteiger partial charge in [-0.1, -0.05) is 19.9 Å². The molecule has 0 saturated heterocycles. The Morgan fingerprint density at radius 3 is 2.44 bits per heavy atom. The van der Waals surface area contributed by atoms with E-state index in [2.05, 4.69) is 10.4 Å². The molecule has 0 fully saturated rings. The second-order valence-electron chi connectivity index (χ2n) is 6.73. The maximum absolute atomic E-state index is 12.7. The van der Waals surface area contributed by atoms with Gasteiger partial charge in [0.25, 0.3) is 5.91 Å². The molecule has 0 bridgehead atoms. The molecule has 1 heterocycles. The standard InChI is InChI=1S/C20H29N3O4/c1-6-26-16-10-8-14(12-17(16)27-7-2)19(13(3)4)21-20(25)15-9-11-18(24)23(5)22-15/h8,10,12-13,19H,6-7,9,11H2,1-5H3,(H,21,25)/t19-/m0/s1. The Balaban J connectivity index is 2.24. The number of amides is 2. The van der Waals surface area contributed by atoms with E-state index in [0.717, 1.165) is 5.56 Å². The summed E-state index contributed by atoms with van der Waals surface area (Å²) in [4.78, 5) is 24.2. The van der Waals surface area contributed by atoms with Gasteiger partial charge in [0.2, 0.25) is 5.91 Å².